The second-order valence-electron chi connectivity index (χ2n) is 4.22. The number of aromatic nitrogens is 2. The third-order valence-electron chi connectivity index (χ3n) is 2.96. The Labute approximate surface area is 128 Å². The normalized spacial score (nSPS) is 10.7. The second kappa shape index (κ2) is 4.82. The molecule has 0 bridgehead atoms. The van der Waals surface area contributed by atoms with Gasteiger partial charge in [0.25, 0.3) is 0 Å². The maximum Gasteiger partial charge on any atom is 0.205 e. The molecule has 0 spiro atoms. The highest BCUT2D eigenvalue weighted by Crippen LogP contribution is 2.29. The number of nitrogens with two attached hydrogens (primary N) is 1. The summed E-state index contributed by atoms with van der Waals surface area (Å²) in [7, 11) is 0. The van der Waals surface area contributed by atoms with Crippen molar-refractivity contribution < 1.29 is 0 Å². The minimum atomic E-state index is 0.352. The molecule has 3 rings (SSSR count). The molecule has 1 aromatic heterocycles. The molecule has 0 saturated heterocycles. The molecule has 98 valence electrons. The number of hydrogen-bond donors (Lipinski definition) is 1. The van der Waals surface area contributed by atoms with Crippen LogP contribution in [0.1, 0.15) is 5.56 Å². The average Bonchev–Trinajstić information content (AvgIpc) is 2.73. The SMILES string of the molecule is N#Cc1ccc(-n2c(N)nc3cc(Br)ccc32)c(Cl)c1. The van der Waals surface area contributed by atoms with Crippen molar-refractivity contribution in [3.63, 3.8) is 0 Å². The Kier molecular flexibility index (Phi) is 3.13. The number of benzene rings is 2. The van der Waals surface area contributed by atoms with Crippen molar-refractivity contribution >= 4 is 44.5 Å². The lowest BCUT2D eigenvalue weighted by molar-refractivity contribution is 1.11. The van der Waals surface area contributed by atoms with Gasteiger partial charge in [-0.15, -0.1) is 0 Å². The summed E-state index contributed by atoms with van der Waals surface area (Å²) in [6.45, 7) is 0. The van der Waals surface area contributed by atoms with Crippen LogP contribution in [-0.4, -0.2) is 9.55 Å². The predicted octanol–water partition coefficient (Wildman–Crippen LogP) is 3.90. The molecule has 0 aliphatic carbocycles. The monoisotopic (exact) mass is 346 g/mol. The number of anilines is 1. The van der Waals surface area contributed by atoms with E-state index in [1.165, 1.54) is 0 Å². The van der Waals surface area contributed by atoms with Gasteiger partial charge in [0.05, 0.1) is 33.4 Å². The van der Waals surface area contributed by atoms with Crippen molar-refractivity contribution in [3.05, 3.63) is 51.5 Å². The van der Waals surface area contributed by atoms with E-state index in [1.807, 2.05) is 18.2 Å². The van der Waals surface area contributed by atoms with E-state index in [0.29, 0.717) is 22.2 Å². The van der Waals surface area contributed by atoms with Crippen LogP contribution in [0.15, 0.2) is 40.9 Å². The summed E-state index contributed by atoms with van der Waals surface area (Å²) in [5.41, 5.74) is 8.83. The molecular formula is C14H8BrClN4. The Morgan fingerprint density at radius 1 is 1.25 bits per heavy atom. The molecule has 0 atom stereocenters. The van der Waals surface area contributed by atoms with Gasteiger partial charge in [0.15, 0.2) is 0 Å². The molecule has 4 nitrogen and oxygen atoms in total. The van der Waals surface area contributed by atoms with Crippen LogP contribution in [0.5, 0.6) is 0 Å². The third-order valence-corrected chi connectivity index (χ3v) is 3.76. The average molecular weight is 348 g/mol. The minimum Gasteiger partial charge on any atom is -0.369 e. The van der Waals surface area contributed by atoms with Gasteiger partial charge in [-0.1, -0.05) is 27.5 Å². The smallest absolute Gasteiger partial charge is 0.205 e. The molecule has 2 N–H and O–H groups in total. The van der Waals surface area contributed by atoms with E-state index in [-0.39, 0.29) is 0 Å². The minimum absolute atomic E-state index is 0.352. The van der Waals surface area contributed by atoms with E-state index in [4.69, 9.17) is 22.6 Å². The van der Waals surface area contributed by atoms with Crippen LogP contribution in [0.2, 0.25) is 5.02 Å². The molecule has 1 heterocycles. The number of fused-ring (bicyclic) bond motifs is 1. The molecule has 0 radical (unpaired) electrons. The molecule has 0 aliphatic rings. The van der Waals surface area contributed by atoms with Gasteiger partial charge in [0, 0.05) is 4.47 Å². The Balaban J connectivity index is 2.30. The quantitative estimate of drug-likeness (QED) is 0.726. The highest BCUT2D eigenvalue weighted by molar-refractivity contribution is 9.10. The number of halogens is 2. The van der Waals surface area contributed by atoms with Crippen LogP contribution in [0.25, 0.3) is 16.7 Å². The first kappa shape index (κ1) is 13.0. The molecule has 6 heteroatoms. The highest BCUT2D eigenvalue weighted by atomic mass is 79.9. The summed E-state index contributed by atoms with van der Waals surface area (Å²) in [6.07, 6.45) is 0. The highest BCUT2D eigenvalue weighted by Gasteiger charge is 2.13. The van der Waals surface area contributed by atoms with E-state index < -0.39 is 0 Å². The molecular weight excluding hydrogens is 340 g/mol. The van der Waals surface area contributed by atoms with Gasteiger partial charge in [-0.25, -0.2) is 4.98 Å². The zero-order chi connectivity index (χ0) is 14.3. The van der Waals surface area contributed by atoms with Crippen molar-refractivity contribution in [1.29, 1.82) is 5.26 Å². The number of rotatable bonds is 1. The maximum atomic E-state index is 8.88. The number of nitrogen functional groups attached to an aromatic ring is 1. The summed E-state index contributed by atoms with van der Waals surface area (Å²) in [5.74, 6) is 0.352. The molecule has 0 amide bonds. The maximum absolute atomic E-state index is 8.88. The lowest BCUT2D eigenvalue weighted by Crippen LogP contribution is -2.01. The Bertz CT molecular complexity index is 863. The fourth-order valence-electron chi connectivity index (χ4n) is 2.08. The molecule has 20 heavy (non-hydrogen) atoms. The fourth-order valence-corrected chi connectivity index (χ4v) is 2.70. The molecule has 0 saturated carbocycles. The first-order valence-corrected chi connectivity index (χ1v) is 6.91. The molecule has 0 aliphatic heterocycles. The topological polar surface area (TPSA) is 67.6 Å². The second-order valence-corrected chi connectivity index (χ2v) is 5.54. The zero-order valence-corrected chi connectivity index (χ0v) is 12.5. The summed E-state index contributed by atoms with van der Waals surface area (Å²) in [4.78, 5) is 4.32. The van der Waals surface area contributed by atoms with Gasteiger partial charge >= 0.3 is 0 Å². The predicted molar refractivity (Wildman–Crippen MR) is 82.9 cm³/mol. The Morgan fingerprint density at radius 3 is 2.75 bits per heavy atom. The van der Waals surface area contributed by atoms with Gasteiger partial charge in [0.2, 0.25) is 5.95 Å². The molecule has 0 fully saturated rings. The standard InChI is InChI=1S/C14H8BrClN4/c15-9-2-4-13-11(6-9)19-14(18)20(13)12-3-1-8(7-17)5-10(12)16/h1-6H,(H2,18,19). The fraction of sp³-hybridized carbons (Fsp3) is 0. The van der Waals surface area contributed by atoms with E-state index in [0.717, 1.165) is 15.5 Å². The largest absolute Gasteiger partial charge is 0.369 e. The van der Waals surface area contributed by atoms with Crippen LogP contribution in [0.3, 0.4) is 0 Å². The molecule has 2 aromatic carbocycles. The van der Waals surface area contributed by atoms with Crippen molar-refractivity contribution in [2.75, 3.05) is 5.73 Å². The van der Waals surface area contributed by atoms with Crippen LogP contribution >= 0.6 is 27.5 Å². The Morgan fingerprint density at radius 2 is 2.05 bits per heavy atom. The Hall–Kier alpha value is -2.03. The number of hydrogen-bond acceptors (Lipinski definition) is 3. The first-order valence-electron chi connectivity index (χ1n) is 5.73. The number of imidazole rings is 1. The number of nitriles is 1. The third kappa shape index (κ3) is 2.03. The van der Waals surface area contributed by atoms with Crippen molar-refractivity contribution in [2.24, 2.45) is 0 Å². The lowest BCUT2D eigenvalue weighted by Gasteiger charge is -2.09. The van der Waals surface area contributed by atoms with E-state index >= 15 is 0 Å². The summed E-state index contributed by atoms with van der Waals surface area (Å²) in [5, 5.41) is 9.34. The van der Waals surface area contributed by atoms with Crippen LogP contribution in [0.4, 0.5) is 5.95 Å². The van der Waals surface area contributed by atoms with Crippen molar-refractivity contribution in [1.82, 2.24) is 9.55 Å². The van der Waals surface area contributed by atoms with Gasteiger partial charge in [-0.05, 0) is 36.4 Å². The molecule has 0 unspecified atom stereocenters. The molecule has 3 aromatic rings. The zero-order valence-electron chi connectivity index (χ0n) is 10.1. The van der Waals surface area contributed by atoms with Crippen molar-refractivity contribution in [2.45, 2.75) is 0 Å². The summed E-state index contributed by atoms with van der Waals surface area (Å²) in [6, 6.07) is 12.8. The van der Waals surface area contributed by atoms with Crippen LogP contribution in [0, 0.1) is 11.3 Å². The van der Waals surface area contributed by atoms with Gasteiger partial charge in [0.1, 0.15) is 0 Å². The summed E-state index contributed by atoms with van der Waals surface area (Å²) < 4.78 is 2.70. The van der Waals surface area contributed by atoms with Gasteiger partial charge in [-0.2, -0.15) is 5.26 Å². The van der Waals surface area contributed by atoms with E-state index in [9.17, 15) is 0 Å². The van der Waals surface area contributed by atoms with E-state index in [2.05, 4.69) is 27.0 Å². The lowest BCUT2D eigenvalue weighted by atomic mass is 10.2. The van der Waals surface area contributed by atoms with Crippen LogP contribution < -0.4 is 5.73 Å². The summed E-state index contributed by atoms with van der Waals surface area (Å²) >= 11 is 9.64. The van der Waals surface area contributed by atoms with Crippen LogP contribution in [-0.2, 0) is 0 Å². The number of nitrogens with zero attached hydrogens (tertiary/aromatic N) is 3. The first-order chi connectivity index (χ1) is 9.60. The van der Waals surface area contributed by atoms with E-state index in [1.54, 1.807) is 22.8 Å². The van der Waals surface area contributed by atoms with Gasteiger partial charge < -0.3 is 5.73 Å². The van der Waals surface area contributed by atoms with Gasteiger partial charge in [-0.3, -0.25) is 4.57 Å². The van der Waals surface area contributed by atoms with Crippen molar-refractivity contribution in [3.8, 4) is 11.8 Å².